The molecule has 2 atom stereocenters. The number of carbonyl (C=O) groups is 1. The third-order valence-corrected chi connectivity index (χ3v) is 3.98. The molecular formula is C13H17N3O. The summed E-state index contributed by atoms with van der Waals surface area (Å²) in [6, 6.07) is 5.56. The molecule has 2 fully saturated rings. The summed E-state index contributed by atoms with van der Waals surface area (Å²) < 4.78 is 0. The summed E-state index contributed by atoms with van der Waals surface area (Å²) in [6.07, 6.45) is 3.58. The third-order valence-electron chi connectivity index (χ3n) is 3.98. The number of likely N-dealkylation sites (tertiary alicyclic amines) is 1. The SMILES string of the molecule is Nc1ccc(C(=O)N2CC3CCC2C3)c(N)c1. The van der Waals surface area contributed by atoms with Gasteiger partial charge in [-0.05, 0) is 43.4 Å². The molecule has 90 valence electrons. The Bertz CT molecular complexity index is 472. The standard InChI is InChI=1S/C13H17N3O/c14-9-2-4-11(12(15)6-9)13(17)16-7-8-1-3-10(16)5-8/h2,4,6,8,10H,1,3,5,7,14-15H2. The van der Waals surface area contributed by atoms with Crippen LogP contribution >= 0.6 is 0 Å². The van der Waals surface area contributed by atoms with E-state index in [4.69, 9.17) is 11.5 Å². The lowest BCUT2D eigenvalue weighted by Crippen LogP contribution is -2.37. The summed E-state index contributed by atoms with van der Waals surface area (Å²) in [5.41, 5.74) is 13.2. The van der Waals surface area contributed by atoms with Crippen molar-refractivity contribution in [3.8, 4) is 0 Å². The zero-order valence-electron chi connectivity index (χ0n) is 9.73. The van der Waals surface area contributed by atoms with Crippen LogP contribution in [0, 0.1) is 5.92 Å². The summed E-state index contributed by atoms with van der Waals surface area (Å²) in [5.74, 6) is 0.772. The van der Waals surface area contributed by atoms with E-state index in [2.05, 4.69) is 0 Å². The molecule has 2 bridgehead atoms. The molecule has 4 nitrogen and oxygen atoms in total. The van der Waals surface area contributed by atoms with Crippen LogP contribution in [-0.4, -0.2) is 23.4 Å². The second-order valence-corrected chi connectivity index (χ2v) is 5.14. The van der Waals surface area contributed by atoms with Gasteiger partial charge in [0.2, 0.25) is 0 Å². The highest BCUT2D eigenvalue weighted by Crippen LogP contribution is 2.38. The van der Waals surface area contributed by atoms with Crippen molar-refractivity contribution in [2.24, 2.45) is 5.92 Å². The highest BCUT2D eigenvalue weighted by Gasteiger charge is 2.40. The van der Waals surface area contributed by atoms with E-state index in [1.165, 1.54) is 12.8 Å². The van der Waals surface area contributed by atoms with Gasteiger partial charge in [0.25, 0.3) is 5.91 Å². The number of nitrogen functional groups attached to an aromatic ring is 2. The minimum Gasteiger partial charge on any atom is -0.399 e. The van der Waals surface area contributed by atoms with Gasteiger partial charge in [-0.2, -0.15) is 0 Å². The van der Waals surface area contributed by atoms with E-state index in [-0.39, 0.29) is 5.91 Å². The fourth-order valence-electron chi connectivity index (χ4n) is 3.10. The van der Waals surface area contributed by atoms with Crippen molar-refractivity contribution in [2.45, 2.75) is 25.3 Å². The van der Waals surface area contributed by atoms with Crippen LogP contribution in [-0.2, 0) is 0 Å². The molecule has 4 N–H and O–H groups in total. The normalized spacial score (nSPS) is 26.5. The van der Waals surface area contributed by atoms with E-state index >= 15 is 0 Å². The molecule has 1 aromatic carbocycles. The lowest BCUT2D eigenvalue weighted by atomic mass is 10.1. The van der Waals surface area contributed by atoms with Crippen molar-refractivity contribution < 1.29 is 4.79 Å². The Morgan fingerprint density at radius 1 is 1.29 bits per heavy atom. The first-order chi connectivity index (χ1) is 8.15. The molecular weight excluding hydrogens is 214 g/mol. The van der Waals surface area contributed by atoms with Crippen molar-refractivity contribution in [3.05, 3.63) is 23.8 Å². The van der Waals surface area contributed by atoms with E-state index in [1.54, 1.807) is 18.2 Å². The first-order valence-electron chi connectivity index (χ1n) is 6.11. The minimum atomic E-state index is 0.0645. The monoisotopic (exact) mass is 231 g/mol. The Morgan fingerprint density at radius 3 is 2.71 bits per heavy atom. The number of rotatable bonds is 1. The predicted molar refractivity (Wildman–Crippen MR) is 67.4 cm³/mol. The topological polar surface area (TPSA) is 72.4 Å². The van der Waals surface area contributed by atoms with Crippen molar-refractivity contribution in [2.75, 3.05) is 18.0 Å². The van der Waals surface area contributed by atoms with Gasteiger partial charge in [0, 0.05) is 24.0 Å². The smallest absolute Gasteiger partial charge is 0.256 e. The average Bonchev–Trinajstić information content (AvgIpc) is 2.89. The Hall–Kier alpha value is -1.71. The highest BCUT2D eigenvalue weighted by atomic mass is 16.2. The quantitative estimate of drug-likeness (QED) is 0.719. The molecule has 3 rings (SSSR count). The van der Waals surface area contributed by atoms with E-state index < -0.39 is 0 Å². The Labute approximate surface area is 101 Å². The summed E-state index contributed by atoms with van der Waals surface area (Å²) in [5, 5.41) is 0. The number of carbonyl (C=O) groups excluding carboxylic acids is 1. The molecule has 17 heavy (non-hydrogen) atoms. The fourth-order valence-corrected chi connectivity index (χ4v) is 3.10. The Morgan fingerprint density at radius 2 is 2.12 bits per heavy atom. The van der Waals surface area contributed by atoms with Gasteiger partial charge >= 0.3 is 0 Å². The predicted octanol–water partition coefficient (Wildman–Crippen LogP) is 1.48. The Kier molecular flexibility index (Phi) is 2.24. The summed E-state index contributed by atoms with van der Waals surface area (Å²) >= 11 is 0. The molecule has 4 heteroatoms. The van der Waals surface area contributed by atoms with Gasteiger partial charge in [-0.25, -0.2) is 0 Å². The number of hydrogen-bond donors (Lipinski definition) is 2. The number of benzene rings is 1. The molecule has 1 aliphatic carbocycles. The number of amides is 1. The number of piperidine rings is 1. The van der Waals surface area contributed by atoms with E-state index in [0.29, 0.717) is 28.9 Å². The van der Waals surface area contributed by atoms with Gasteiger partial charge in [0.05, 0.1) is 5.56 Å². The molecule has 0 radical (unpaired) electrons. The van der Waals surface area contributed by atoms with Crippen LogP contribution in [0.1, 0.15) is 29.6 Å². The third kappa shape index (κ3) is 1.64. The second-order valence-electron chi connectivity index (χ2n) is 5.14. The minimum absolute atomic E-state index is 0.0645. The molecule has 1 saturated heterocycles. The molecule has 2 unspecified atom stereocenters. The van der Waals surface area contributed by atoms with E-state index in [1.807, 2.05) is 4.90 Å². The number of anilines is 2. The lowest BCUT2D eigenvalue weighted by Gasteiger charge is -2.27. The van der Waals surface area contributed by atoms with Crippen molar-refractivity contribution in [1.29, 1.82) is 0 Å². The van der Waals surface area contributed by atoms with Crippen molar-refractivity contribution >= 4 is 17.3 Å². The lowest BCUT2D eigenvalue weighted by molar-refractivity contribution is 0.0705. The first-order valence-corrected chi connectivity index (χ1v) is 6.11. The van der Waals surface area contributed by atoms with Gasteiger partial charge in [-0.1, -0.05) is 0 Å². The zero-order valence-corrected chi connectivity index (χ0v) is 9.73. The van der Waals surface area contributed by atoms with Gasteiger partial charge in [-0.15, -0.1) is 0 Å². The maximum atomic E-state index is 12.4. The molecule has 2 aliphatic rings. The number of nitrogens with zero attached hydrogens (tertiary/aromatic N) is 1. The van der Waals surface area contributed by atoms with Crippen LogP contribution in [0.2, 0.25) is 0 Å². The molecule has 1 amide bonds. The fraction of sp³-hybridized carbons (Fsp3) is 0.462. The highest BCUT2D eigenvalue weighted by molar-refractivity contribution is 6.00. The Balaban J connectivity index is 1.87. The number of fused-ring (bicyclic) bond motifs is 2. The largest absolute Gasteiger partial charge is 0.399 e. The van der Waals surface area contributed by atoms with E-state index in [9.17, 15) is 4.79 Å². The number of nitrogens with two attached hydrogens (primary N) is 2. The zero-order chi connectivity index (χ0) is 12.0. The van der Waals surface area contributed by atoms with Crippen LogP contribution < -0.4 is 11.5 Å². The first kappa shape index (κ1) is 10.4. The van der Waals surface area contributed by atoms with Crippen LogP contribution in [0.25, 0.3) is 0 Å². The molecule has 1 aromatic rings. The van der Waals surface area contributed by atoms with Crippen LogP contribution in [0.5, 0.6) is 0 Å². The molecule has 0 aromatic heterocycles. The van der Waals surface area contributed by atoms with Gasteiger partial charge in [0.15, 0.2) is 0 Å². The summed E-state index contributed by atoms with van der Waals surface area (Å²) in [7, 11) is 0. The van der Waals surface area contributed by atoms with Crippen LogP contribution in [0.4, 0.5) is 11.4 Å². The second kappa shape index (κ2) is 3.65. The van der Waals surface area contributed by atoms with Gasteiger partial charge < -0.3 is 16.4 Å². The molecule has 1 saturated carbocycles. The van der Waals surface area contributed by atoms with Crippen LogP contribution in [0.3, 0.4) is 0 Å². The van der Waals surface area contributed by atoms with E-state index in [0.717, 1.165) is 13.0 Å². The molecule has 1 aliphatic heterocycles. The van der Waals surface area contributed by atoms with Gasteiger partial charge in [-0.3, -0.25) is 4.79 Å². The maximum absolute atomic E-state index is 12.4. The molecule has 1 heterocycles. The van der Waals surface area contributed by atoms with Gasteiger partial charge in [0.1, 0.15) is 0 Å². The number of hydrogen-bond acceptors (Lipinski definition) is 3. The summed E-state index contributed by atoms with van der Waals surface area (Å²) in [4.78, 5) is 14.4. The van der Waals surface area contributed by atoms with Crippen LogP contribution in [0.15, 0.2) is 18.2 Å². The van der Waals surface area contributed by atoms with Crippen molar-refractivity contribution in [1.82, 2.24) is 4.90 Å². The molecule has 0 spiro atoms. The van der Waals surface area contributed by atoms with Crippen molar-refractivity contribution in [3.63, 3.8) is 0 Å². The average molecular weight is 231 g/mol. The summed E-state index contributed by atoms with van der Waals surface area (Å²) in [6.45, 7) is 0.896. The maximum Gasteiger partial charge on any atom is 0.256 e.